The fraction of sp³-hybridized carbons (Fsp3) is 0.0455. The van der Waals surface area contributed by atoms with Gasteiger partial charge < -0.3 is 10.1 Å². The largest absolute Gasteiger partial charge is 0.488 e. The first kappa shape index (κ1) is 21.4. The average molecular weight is 442 g/mol. The number of carbonyl (C=O) groups excluding carboxylic acids is 2. The van der Waals surface area contributed by atoms with Crippen molar-refractivity contribution in [1.29, 1.82) is 0 Å². The van der Waals surface area contributed by atoms with E-state index in [0.29, 0.717) is 17.9 Å². The fourth-order valence-electron chi connectivity index (χ4n) is 2.44. The Bertz CT molecular complexity index is 1070. The maximum atomic E-state index is 12.0. The van der Waals surface area contributed by atoms with E-state index in [-0.39, 0.29) is 15.7 Å². The van der Waals surface area contributed by atoms with Crippen LogP contribution in [0.15, 0.2) is 77.9 Å². The summed E-state index contributed by atoms with van der Waals surface area (Å²) < 4.78 is 5.82. The number of para-hydroxylation sites is 1. The molecule has 0 saturated carbocycles. The van der Waals surface area contributed by atoms with E-state index in [9.17, 15) is 9.59 Å². The van der Waals surface area contributed by atoms with Gasteiger partial charge in [-0.25, -0.2) is 5.43 Å². The highest BCUT2D eigenvalue weighted by Gasteiger charge is 2.15. The van der Waals surface area contributed by atoms with Gasteiger partial charge in [-0.05, 0) is 29.8 Å². The minimum absolute atomic E-state index is 0.147. The maximum Gasteiger partial charge on any atom is 0.329 e. The van der Waals surface area contributed by atoms with Crippen LogP contribution in [0.5, 0.6) is 5.75 Å². The number of halogens is 2. The molecule has 0 aliphatic carbocycles. The van der Waals surface area contributed by atoms with E-state index in [0.717, 1.165) is 5.56 Å². The lowest BCUT2D eigenvalue weighted by Crippen LogP contribution is -2.32. The molecule has 0 fully saturated rings. The fourth-order valence-corrected chi connectivity index (χ4v) is 2.79. The summed E-state index contributed by atoms with van der Waals surface area (Å²) in [7, 11) is 0. The normalized spacial score (nSPS) is 10.6. The molecule has 2 N–H and O–H groups in total. The molecule has 0 heterocycles. The number of hydrogen-bond donors (Lipinski definition) is 2. The Morgan fingerprint density at radius 3 is 2.43 bits per heavy atom. The molecule has 30 heavy (non-hydrogen) atoms. The Balaban J connectivity index is 1.59. The van der Waals surface area contributed by atoms with Gasteiger partial charge in [0.05, 0.1) is 21.9 Å². The van der Waals surface area contributed by atoms with Crippen LogP contribution in [0.1, 0.15) is 11.1 Å². The number of nitrogens with one attached hydrogen (secondary N) is 2. The van der Waals surface area contributed by atoms with E-state index in [4.69, 9.17) is 27.9 Å². The third-order valence-electron chi connectivity index (χ3n) is 3.93. The number of ether oxygens (including phenoxy) is 1. The molecule has 3 aromatic rings. The zero-order valence-electron chi connectivity index (χ0n) is 15.6. The van der Waals surface area contributed by atoms with Crippen LogP contribution in [-0.2, 0) is 16.2 Å². The topological polar surface area (TPSA) is 79.8 Å². The Hall–Kier alpha value is -3.35. The molecule has 0 bridgehead atoms. The molecule has 3 rings (SSSR count). The first-order valence-electron chi connectivity index (χ1n) is 8.89. The van der Waals surface area contributed by atoms with Crippen LogP contribution < -0.4 is 15.5 Å². The number of nitrogens with zero attached hydrogens (tertiary/aromatic N) is 1. The lowest BCUT2D eigenvalue weighted by atomic mass is 10.2. The molecule has 0 aliphatic heterocycles. The Morgan fingerprint density at radius 1 is 0.900 bits per heavy atom. The van der Waals surface area contributed by atoms with E-state index in [1.807, 2.05) is 42.5 Å². The summed E-state index contributed by atoms with van der Waals surface area (Å²) in [5.41, 5.74) is 4.07. The number of hydrogen-bond acceptors (Lipinski definition) is 4. The molecule has 3 aromatic carbocycles. The lowest BCUT2D eigenvalue weighted by molar-refractivity contribution is -0.136. The van der Waals surface area contributed by atoms with Gasteiger partial charge in [-0.1, -0.05) is 71.7 Å². The van der Waals surface area contributed by atoms with Crippen molar-refractivity contribution in [3.05, 3.63) is 94.0 Å². The van der Waals surface area contributed by atoms with E-state index in [1.54, 1.807) is 24.3 Å². The number of anilines is 1. The molecular formula is C22H17Cl2N3O3. The molecule has 152 valence electrons. The van der Waals surface area contributed by atoms with Gasteiger partial charge in [-0.2, -0.15) is 5.10 Å². The van der Waals surface area contributed by atoms with Crippen LogP contribution in [0.25, 0.3) is 0 Å². The van der Waals surface area contributed by atoms with Gasteiger partial charge in [0.1, 0.15) is 12.4 Å². The molecule has 0 unspecified atom stereocenters. The second-order valence-corrected chi connectivity index (χ2v) is 6.85. The van der Waals surface area contributed by atoms with Crippen molar-refractivity contribution < 1.29 is 14.3 Å². The van der Waals surface area contributed by atoms with Gasteiger partial charge in [0, 0.05) is 5.56 Å². The van der Waals surface area contributed by atoms with Crippen LogP contribution in [0.2, 0.25) is 10.0 Å². The molecule has 0 aliphatic rings. The summed E-state index contributed by atoms with van der Waals surface area (Å²) in [5.74, 6) is -1.29. The van der Waals surface area contributed by atoms with Crippen molar-refractivity contribution in [2.75, 3.05) is 5.32 Å². The van der Waals surface area contributed by atoms with E-state index in [2.05, 4.69) is 15.8 Å². The maximum absolute atomic E-state index is 12.0. The molecule has 0 spiro atoms. The summed E-state index contributed by atoms with van der Waals surface area (Å²) >= 11 is 11.9. The number of amides is 2. The highest BCUT2D eigenvalue weighted by atomic mass is 35.5. The van der Waals surface area contributed by atoms with Crippen LogP contribution in [0, 0.1) is 0 Å². The number of rotatable bonds is 6. The molecule has 0 radical (unpaired) electrons. The van der Waals surface area contributed by atoms with Gasteiger partial charge in [0.25, 0.3) is 0 Å². The highest BCUT2D eigenvalue weighted by Crippen LogP contribution is 2.29. The zero-order chi connectivity index (χ0) is 21.3. The number of benzene rings is 3. The van der Waals surface area contributed by atoms with Gasteiger partial charge in [0.2, 0.25) is 0 Å². The van der Waals surface area contributed by atoms with Crippen molar-refractivity contribution in [3.63, 3.8) is 0 Å². The number of carbonyl (C=O) groups is 2. The summed E-state index contributed by atoms with van der Waals surface area (Å²) in [6.07, 6.45) is 1.40. The Labute approximate surface area is 183 Å². The first-order chi connectivity index (χ1) is 14.5. The van der Waals surface area contributed by atoms with Crippen LogP contribution in [-0.4, -0.2) is 18.0 Å². The first-order valence-corrected chi connectivity index (χ1v) is 9.64. The summed E-state index contributed by atoms with van der Waals surface area (Å²) in [4.78, 5) is 24.0. The lowest BCUT2D eigenvalue weighted by Gasteiger charge is -2.09. The third-order valence-corrected chi connectivity index (χ3v) is 4.75. The summed E-state index contributed by atoms with van der Waals surface area (Å²) in [6.45, 7) is 0.390. The van der Waals surface area contributed by atoms with E-state index >= 15 is 0 Å². The smallest absolute Gasteiger partial charge is 0.329 e. The quantitative estimate of drug-likeness (QED) is 0.331. The molecule has 0 saturated heterocycles. The Kier molecular flexibility index (Phi) is 7.43. The molecule has 6 nitrogen and oxygen atoms in total. The van der Waals surface area contributed by atoms with Crippen molar-refractivity contribution in [3.8, 4) is 5.75 Å². The molecular weight excluding hydrogens is 425 g/mol. The van der Waals surface area contributed by atoms with Crippen molar-refractivity contribution >= 4 is 46.9 Å². The molecule has 0 atom stereocenters. The van der Waals surface area contributed by atoms with Crippen LogP contribution >= 0.6 is 23.2 Å². The average Bonchev–Trinajstić information content (AvgIpc) is 2.77. The second-order valence-electron chi connectivity index (χ2n) is 6.07. The van der Waals surface area contributed by atoms with Gasteiger partial charge in [0.15, 0.2) is 0 Å². The predicted molar refractivity (Wildman–Crippen MR) is 118 cm³/mol. The zero-order valence-corrected chi connectivity index (χ0v) is 17.2. The van der Waals surface area contributed by atoms with Gasteiger partial charge in [-0.15, -0.1) is 0 Å². The second kappa shape index (κ2) is 10.4. The molecule has 8 heteroatoms. The van der Waals surface area contributed by atoms with Gasteiger partial charge in [-0.3, -0.25) is 9.59 Å². The van der Waals surface area contributed by atoms with Crippen LogP contribution in [0.4, 0.5) is 5.69 Å². The summed E-state index contributed by atoms with van der Waals surface area (Å²) in [6, 6.07) is 21.6. The summed E-state index contributed by atoms with van der Waals surface area (Å²) in [5, 5.41) is 6.63. The molecule has 0 aromatic heterocycles. The van der Waals surface area contributed by atoms with Crippen molar-refractivity contribution in [2.24, 2.45) is 5.10 Å². The van der Waals surface area contributed by atoms with E-state index < -0.39 is 11.8 Å². The monoisotopic (exact) mass is 441 g/mol. The van der Waals surface area contributed by atoms with Crippen LogP contribution in [0.3, 0.4) is 0 Å². The van der Waals surface area contributed by atoms with Gasteiger partial charge >= 0.3 is 11.8 Å². The Morgan fingerprint density at radius 2 is 1.63 bits per heavy atom. The van der Waals surface area contributed by atoms with E-state index in [1.165, 1.54) is 12.3 Å². The molecule has 2 amide bonds. The van der Waals surface area contributed by atoms with Crippen molar-refractivity contribution in [1.82, 2.24) is 5.43 Å². The number of hydrazone groups is 1. The minimum atomic E-state index is -0.954. The third kappa shape index (κ3) is 5.83. The predicted octanol–water partition coefficient (Wildman–Crippen LogP) is 4.66. The van der Waals surface area contributed by atoms with Crippen molar-refractivity contribution in [2.45, 2.75) is 6.61 Å². The SMILES string of the molecule is O=C(N/N=C/c1ccccc1OCc1ccccc1)C(=O)Nc1cccc(Cl)c1Cl. The highest BCUT2D eigenvalue weighted by molar-refractivity contribution is 6.45. The standard InChI is InChI=1S/C22H17Cl2N3O3/c23-17-10-6-11-18(20(17)24)26-21(28)22(29)27-25-13-16-9-4-5-12-19(16)30-14-15-7-2-1-3-8-15/h1-13H,14H2,(H,26,28)(H,27,29)/b25-13+. The minimum Gasteiger partial charge on any atom is -0.488 e.